The van der Waals surface area contributed by atoms with E-state index in [2.05, 4.69) is 29.6 Å². The SMILES string of the molecule is CNC(=O)C[C@H]1CC2(CCN(C(=O)OC(C)(C)C)CC2)c2ccccc2[I-]1. The number of likely N-dealkylation sites (tertiary alicyclic amines) is 1. The number of fused-ring (bicyclic) bond motifs is 2. The fourth-order valence-corrected chi connectivity index (χ4v) is 8.19. The number of ether oxygens (including phenoxy) is 1. The van der Waals surface area contributed by atoms with Gasteiger partial charge < -0.3 is 0 Å². The van der Waals surface area contributed by atoms with Crippen LogP contribution in [0.25, 0.3) is 0 Å². The number of alkyl halides is 1. The van der Waals surface area contributed by atoms with Crippen LogP contribution in [0.1, 0.15) is 52.0 Å². The van der Waals surface area contributed by atoms with E-state index < -0.39 is 5.60 Å². The minimum absolute atomic E-state index is 0.0891. The number of amides is 2. The van der Waals surface area contributed by atoms with Crippen molar-refractivity contribution in [2.24, 2.45) is 0 Å². The van der Waals surface area contributed by atoms with E-state index in [0.29, 0.717) is 23.4 Å². The van der Waals surface area contributed by atoms with E-state index in [1.807, 2.05) is 25.7 Å². The molecule has 1 N–H and O–H groups in total. The number of rotatable bonds is 2. The first-order chi connectivity index (χ1) is 12.7. The Bertz CT molecular complexity index is 706. The number of hydrogen-bond acceptors (Lipinski definition) is 3. The molecule has 1 aromatic rings. The van der Waals surface area contributed by atoms with Crippen LogP contribution in [0.15, 0.2) is 24.3 Å². The molecule has 2 heterocycles. The Morgan fingerprint density at radius 2 is 1.93 bits per heavy atom. The molecule has 0 bridgehead atoms. The zero-order chi connectivity index (χ0) is 19.7. The van der Waals surface area contributed by atoms with Gasteiger partial charge in [0.25, 0.3) is 0 Å². The van der Waals surface area contributed by atoms with Crippen LogP contribution >= 0.6 is 0 Å². The van der Waals surface area contributed by atoms with Gasteiger partial charge in [-0.3, -0.25) is 0 Å². The van der Waals surface area contributed by atoms with Crippen molar-refractivity contribution < 1.29 is 35.5 Å². The predicted octanol–water partition coefficient (Wildman–Crippen LogP) is 0.122. The van der Waals surface area contributed by atoms with Crippen molar-refractivity contribution in [3.05, 3.63) is 33.4 Å². The number of hydrogen-bond donors (Lipinski definition) is 1. The first-order valence-electron chi connectivity index (χ1n) is 9.64. The molecule has 0 radical (unpaired) electrons. The topological polar surface area (TPSA) is 58.6 Å². The fourth-order valence-electron chi connectivity index (χ4n) is 4.06. The number of piperidine rings is 1. The van der Waals surface area contributed by atoms with Gasteiger partial charge in [0, 0.05) is 0 Å². The molecule has 0 aromatic heterocycles. The first-order valence-corrected chi connectivity index (χ1v) is 12.0. The van der Waals surface area contributed by atoms with Gasteiger partial charge >= 0.3 is 173 Å². The molecule has 5 nitrogen and oxygen atoms in total. The van der Waals surface area contributed by atoms with Crippen molar-refractivity contribution in [1.82, 2.24) is 10.2 Å². The second kappa shape index (κ2) is 7.97. The summed E-state index contributed by atoms with van der Waals surface area (Å²) in [6, 6.07) is 8.77. The van der Waals surface area contributed by atoms with Gasteiger partial charge in [0.15, 0.2) is 0 Å². The first kappa shape index (κ1) is 20.4. The summed E-state index contributed by atoms with van der Waals surface area (Å²) in [5, 5.41) is 2.78. The molecule has 0 unspecified atom stereocenters. The molecule has 0 saturated carbocycles. The quantitative estimate of drug-likeness (QED) is 0.479. The van der Waals surface area contributed by atoms with Gasteiger partial charge in [-0.15, -0.1) is 0 Å². The van der Waals surface area contributed by atoms with Gasteiger partial charge in [0.05, 0.1) is 0 Å². The molecule has 0 aliphatic carbocycles. The summed E-state index contributed by atoms with van der Waals surface area (Å²) in [5.41, 5.74) is 1.09. The van der Waals surface area contributed by atoms with Crippen molar-refractivity contribution in [3.8, 4) is 0 Å². The van der Waals surface area contributed by atoms with Crippen LogP contribution in [-0.4, -0.2) is 46.6 Å². The third-order valence-electron chi connectivity index (χ3n) is 5.39. The van der Waals surface area contributed by atoms with Gasteiger partial charge in [-0.1, -0.05) is 0 Å². The molecule has 2 aliphatic rings. The van der Waals surface area contributed by atoms with E-state index in [4.69, 9.17) is 4.74 Å². The van der Waals surface area contributed by atoms with Gasteiger partial charge in [-0.05, 0) is 0 Å². The molecule has 1 spiro atoms. The Balaban J connectivity index is 1.76. The van der Waals surface area contributed by atoms with Crippen LogP contribution in [0.5, 0.6) is 0 Å². The molecule has 6 heteroatoms. The third-order valence-corrected chi connectivity index (χ3v) is 8.76. The summed E-state index contributed by atoms with van der Waals surface area (Å²) >= 11 is -0.173. The van der Waals surface area contributed by atoms with Crippen molar-refractivity contribution in [2.75, 3.05) is 20.1 Å². The van der Waals surface area contributed by atoms with Crippen LogP contribution in [0.3, 0.4) is 0 Å². The molecule has 2 amide bonds. The van der Waals surface area contributed by atoms with Gasteiger partial charge in [0.1, 0.15) is 0 Å². The number of benzene rings is 1. The summed E-state index contributed by atoms with van der Waals surface area (Å²) in [6.45, 7) is 7.14. The Hall–Kier alpha value is -1.31. The number of carbonyl (C=O) groups is 2. The molecule has 1 aromatic carbocycles. The second-order valence-corrected chi connectivity index (χ2v) is 12.1. The van der Waals surface area contributed by atoms with E-state index in [1.165, 1.54) is 9.13 Å². The summed E-state index contributed by atoms with van der Waals surface area (Å²) in [6.07, 6.45) is 3.35. The Morgan fingerprint density at radius 1 is 1.26 bits per heavy atom. The molecule has 1 saturated heterocycles. The van der Waals surface area contributed by atoms with E-state index >= 15 is 0 Å². The van der Waals surface area contributed by atoms with E-state index in [-0.39, 0.29) is 38.6 Å². The van der Waals surface area contributed by atoms with Crippen LogP contribution in [-0.2, 0) is 14.9 Å². The average molecular weight is 485 g/mol. The zero-order valence-electron chi connectivity index (χ0n) is 16.7. The van der Waals surface area contributed by atoms with Crippen LogP contribution in [0.4, 0.5) is 4.79 Å². The Labute approximate surface area is 172 Å². The maximum absolute atomic E-state index is 12.4. The third kappa shape index (κ3) is 4.76. The van der Waals surface area contributed by atoms with Crippen molar-refractivity contribution in [2.45, 2.75) is 61.4 Å². The summed E-state index contributed by atoms with van der Waals surface area (Å²) < 4.78 is 7.49. The molecular weight excluding hydrogens is 455 g/mol. The maximum atomic E-state index is 12.4. The summed E-state index contributed by atoms with van der Waals surface area (Å²) in [7, 11) is 1.71. The number of nitrogens with one attached hydrogen (secondary N) is 1. The van der Waals surface area contributed by atoms with E-state index in [0.717, 1.165) is 19.3 Å². The molecule has 150 valence electrons. The molecule has 1 fully saturated rings. The Morgan fingerprint density at radius 3 is 2.56 bits per heavy atom. The molecular formula is C21H30IN2O3-. The normalized spacial score (nSPS) is 21.8. The summed E-state index contributed by atoms with van der Waals surface area (Å²) in [5.74, 6) is 0.139. The molecule has 27 heavy (non-hydrogen) atoms. The number of nitrogens with zero attached hydrogens (tertiary/aromatic N) is 1. The molecule has 2 aliphatic heterocycles. The van der Waals surface area contributed by atoms with E-state index in [9.17, 15) is 9.59 Å². The van der Waals surface area contributed by atoms with Crippen LogP contribution in [0.2, 0.25) is 0 Å². The standard InChI is InChI=1S/C21H30IN2O3/c1-20(2,3)27-19(26)24-11-9-21(10-12-24)14-15(13-18(25)23-4)22-17-8-6-5-7-16(17)21/h5-8,15H,9-14H2,1-4H3,(H,23,25)/q-1/t15-/m0/s1. The van der Waals surface area contributed by atoms with E-state index in [1.54, 1.807) is 7.05 Å². The fraction of sp³-hybridized carbons (Fsp3) is 0.619. The van der Waals surface area contributed by atoms with Crippen LogP contribution < -0.4 is 26.5 Å². The van der Waals surface area contributed by atoms with Crippen molar-refractivity contribution in [1.29, 1.82) is 0 Å². The average Bonchev–Trinajstić information content (AvgIpc) is 2.61. The van der Waals surface area contributed by atoms with Crippen LogP contribution in [0, 0.1) is 3.57 Å². The summed E-state index contributed by atoms with van der Waals surface area (Å²) in [4.78, 5) is 26.3. The number of halogens is 1. The monoisotopic (exact) mass is 485 g/mol. The Kier molecular flexibility index (Phi) is 6.03. The molecule has 3 rings (SSSR count). The molecule has 1 atom stereocenters. The van der Waals surface area contributed by atoms with Gasteiger partial charge in [-0.25, -0.2) is 0 Å². The van der Waals surface area contributed by atoms with Crippen molar-refractivity contribution >= 4 is 12.0 Å². The second-order valence-electron chi connectivity index (χ2n) is 8.52. The predicted molar refractivity (Wildman–Crippen MR) is 101 cm³/mol. The van der Waals surface area contributed by atoms with Gasteiger partial charge in [0.2, 0.25) is 0 Å². The van der Waals surface area contributed by atoms with Crippen molar-refractivity contribution in [3.63, 3.8) is 0 Å². The number of carbonyl (C=O) groups excluding carboxylic acids is 2. The minimum atomic E-state index is -0.466. The van der Waals surface area contributed by atoms with Gasteiger partial charge in [-0.2, -0.15) is 0 Å². The zero-order valence-corrected chi connectivity index (χ0v) is 18.8.